The van der Waals surface area contributed by atoms with Crippen molar-refractivity contribution in [2.45, 2.75) is 20.3 Å². The van der Waals surface area contributed by atoms with Gasteiger partial charge in [0.05, 0.1) is 18.6 Å². The van der Waals surface area contributed by atoms with Crippen LogP contribution in [0.25, 0.3) is 0 Å². The summed E-state index contributed by atoms with van der Waals surface area (Å²) < 4.78 is 10.4. The lowest BCUT2D eigenvalue weighted by Gasteiger charge is -2.11. The molecule has 0 aromatic heterocycles. The predicted octanol–water partition coefficient (Wildman–Crippen LogP) is 2.48. The molecule has 1 aromatic carbocycles. The first-order chi connectivity index (χ1) is 10.4. The Balaban J connectivity index is 0.000000534. The second kappa shape index (κ2) is 10.3. The number of carboxylic acids is 1. The molecule has 1 atom stereocenters. The van der Waals surface area contributed by atoms with E-state index in [1.54, 1.807) is 25.1 Å². The van der Waals surface area contributed by atoms with Gasteiger partial charge in [0.25, 0.3) is 0 Å². The molecule has 1 rings (SSSR count). The highest BCUT2D eigenvalue weighted by Gasteiger charge is 2.09. The molecule has 0 aliphatic carbocycles. The van der Waals surface area contributed by atoms with E-state index < -0.39 is 5.97 Å². The molecular formula is C16H23NO5. The zero-order valence-electron chi connectivity index (χ0n) is 13.2. The number of hydrogen-bond acceptors (Lipinski definition) is 5. The van der Waals surface area contributed by atoms with Gasteiger partial charge in [-0.25, -0.2) is 0 Å². The molecule has 0 fully saturated rings. The van der Waals surface area contributed by atoms with E-state index in [9.17, 15) is 9.59 Å². The van der Waals surface area contributed by atoms with E-state index in [1.807, 2.05) is 6.92 Å². The van der Waals surface area contributed by atoms with Crippen LogP contribution in [0.4, 0.5) is 0 Å². The number of aldehydes is 1. The summed E-state index contributed by atoms with van der Waals surface area (Å²) >= 11 is 0. The third kappa shape index (κ3) is 6.78. The topological polar surface area (TPSA) is 98.9 Å². The van der Waals surface area contributed by atoms with E-state index >= 15 is 0 Å². The zero-order valence-corrected chi connectivity index (χ0v) is 13.2. The minimum Gasteiger partial charge on any atom is -0.493 e. The van der Waals surface area contributed by atoms with E-state index in [-0.39, 0.29) is 12.5 Å². The molecule has 1 aromatic rings. The smallest absolute Gasteiger partial charge is 0.306 e. The number of methoxy groups -OCH3 is 1. The molecule has 0 saturated heterocycles. The van der Waals surface area contributed by atoms with Gasteiger partial charge in [0.15, 0.2) is 17.8 Å². The highest BCUT2D eigenvalue weighted by molar-refractivity contribution is 5.81. The fourth-order valence-electron chi connectivity index (χ4n) is 1.28. The second-order valence-corrected chi connectivity index (χ2v) is 4.59. The lowest BCUT2D eigenvalue weighted by atomic mass is 10.1. The van der Waals surface area contributed by atoms with Gasteiger partial charge < -0.3 is 20.3 Å². The number of hydrogen-bond donors (Lipinski definition) is 2. The molecule has 0 saturated carbocycles. The van der Waals surface area contributed by atoms with Crippen LogP contribution < -0.4 is 15.2 Å². The number of para-hydroxylation sites is 1. The van der Waals surface area contributed by atoms with Gasteiger partial charge in [-0.1, -0.05) is 26.5 Å². The number of carbonyl (C=O) groups excluding carboxylic acids is 1. The Labute approximate surface area is 130 Å². The molecule has 0 aliphatic rings. The summed E-state index contributed by atoms with van der Waals surface area (Å²) in [5.74, 6) is 0.00458. The first-order valence-electron chi connectivity index (χ1n) is 6.78. The van der Waals surface area contributed by atoms with Crippen molar-refractivity contribution in [3.8, 4) is 11.5 Å². The summed E-state index contributed by atoms with van der Waals surface area (Å²) in [7, 11) is 1.51. The molecule has 6 nitrogen and oxygen atoms in total. The van der Waals surface area contributed by atoms with Crippen LogP contribution in [-0.4, -0.2) is 31.1 Å². The standard InChI is InChI=1S/C11H13NO3.C5H10O2/c1-8(12)7-15-11-9(6-13)4-3-5-10(11)14-2;1-3-4(2)5(6)7/h3-6H,1,7,12H2,2H3;4H,3H2,1-2H3,(H,6,7). The average Bonchev–Trinajstić information content (AvgIpc) is 2.51. The monoisotopic (exact) mass is 309 g/mol. The van der Waals surface area contributed by atoms with Crippen LogP contribution in [0.5, 0.6) is 11.5 Å². The van der Waals surface area contributed by atoms with E-state index in [0.29, 0.717) is 29.0 Å². The van der Waals surface area contributed by atoms with Gasteiger partial charge in [0.2, 0.25) is 0 Å². The highest BCUT2D eigenvalue weighted by atomic mass is 16.5. The molecular weight excluding hydrogens is 286 g/mol. The van der Waals surface area contributed by atoms with Crippen LogP contribution in [0.1, 0.15) is 30.6 Å². The van der Waals surface area contributed by atoms with Crippen LogP contribution in [0.3, 0.4) is 0 Å². The van der Waals surface area contributed by atoms with Crippen LogP contribution in [-0.2, 0) is 4.79 Å². The lowest BCUT2D eigenvalue weighted by Crippen LogP contribution is -2.09. The Morgan fingerprint density at radius 3 is 2.50 bits per heavy atom. The molecule has 0 spiro atoms. The van der Waals surface area contributed by atoms with Crippen molar-refractivity contribution in [2.24, 2.45) is 11.7 Å². The molecule has 0 radical (unpaired) electrons. The fourth-order valence-corrected chi connectivity index (χ4v) is 1.28. The maximum Gasteiger partial charge on any atom is 0.306 e. The molecule has 0 heterocycles. The van der Waals surface area contributed by atoms with Gasteiger partial charge in [-0.05, 0) is 18.6 Å². The molecule has 22 heavy (non-hydrogen) atoms. The number of carboxylic acid groups (broad SMARTS) is 1. The van der Waals surface area contributed by atoms with Crippen LogP contribution in [0.2, 0.25) is 0 Å². The molecule has 0 amide bonds. The Hall–Kier alpha value is -2.50. The van der Waals surface area contributed by atoms with Crippen molar-refractivity contribution >= 4 is 12.3 Å². The van der Waals surface area contributed by atoms with E-state index in [1.165, 1.54) is 7.11 Å². The SMILES string of the molecule is C=C(N)COc1c(C=O)cccc1OC.CCC(C)C(=O)O. The van der Waals surface area contributed by atoms with Crippen molar-refractivity contribution in [3.63, 3.8) is 0 Å². The molecule has 122 valence electrons. The van der Waals surface area contributed by atoms with Gasteiger partial charge >= 0.3 is 5.97 Å². The number of nitrogens with two attached hydrogens (primary N) is 1. The fraction of sp³-hybridized carbons (Fsp3) is 0.375. The number of aliphatic carboxylic acids is 1. The molecule has 1 unspecified atom stereocenters. The summed E-state index contributed by atoms with van der Waals surface area (Å²) in [5, 5.41) is 8.18. The summed E-state index contributed by atoms with van der Waals surface area (Å²) in [6, 6.07) is 5.07. The van der Waals surface area contributed by atoms with E-state index in [2.05, 4.69) is 6.58 Å². The highest BCUT2D eigenvalue weighted by Crippen LogP contribution is 2.29. The number of rotatable bonds is 7. The van der Waals surface area contributed by atoms with Crippen molar-refractivity contribution in [2.75, 3.05) is 13.7 Å². The normalized spacial score (nSPS) is 10.7. The first kappa shape index (κ1) is 19.5. The molecule has 0 aliphatic heterocycles. The molecule has 3 N–H and O–H groups in total. The third-order valence-corrected chi connectivity index (χ3v) is 2.79. The summed E-state index contributed by atoms with van der Waals surface area (Å²) in [4.78, 5) is 20.7. The quantitative estimate of drug-likeness (QED) is 0.751. The summed E-state index contributed by atoms with van der Waals surface area (Å²) in [6.07, 6.45) is 1.42. The van der Waals surface area contributed by atoms with E-state index in [0.717, 1.165) is 6.42 Å². The molecule has 0 bridgehead atoms. The van der Waals surface area contributed by atoms with Crippen LogP contribution in [0.15, 0.2) is 30.5 Å². The van der Waals surface area contributed by atoms with Crippen molar-refractivity contribution in [3.05, 3.63) is 36.0 Å². The summed E-state index contributed by atoms with van der Waals surface area (Å²) in [5.41, 5.74) is 6.19. The Morgan fingerprint density at radius 1 is 1.50 bits per heavy atom. The maximum absolute atomic E-state index is 10.8. The maximum atomic E-state index is 10.8. The van der Waals surface area contributed by atoms with Crippen LogP contribution >= 0.6 is 0 Å². The van der Waals surface area contributed by atoms with Crippen LogP contribution in [0, 0.1) is 5.92 Å². The number of benzene rings is 1. The minimum absolute atomic E-state index is 0.154. The third-order valence-electron chi connectivity index (χ3n) is 2.79. The van der Waals surface area contributed by atoms with Crippen molar-refractivity contribution in [1.82, 2.24) is 0 Å². The predicted molar refractivity (Wildman–Crippen MR) is 84.3 cm³/mol. The van der Waals surface area contributed by atoms with Crippen molar-refractivity contribution in [1.29, 1.82) is 0 Å². The molecule has 6 heteroatoms. The largest absolute Gasteiger partial charge is 0.493 e. The van der Waals surface area contributed by atoms with Gasteiger partial charge in [0, 0.05) is 5.70 Å². The first-order valence-corrected chi connectivity index (χ1v) is 6.78. The zero-order chi connectivity index (χ0) is 17.1. The van der Waals surface area contributed by atoms with E-state index in [4.69, 9.17) is 20.3 Å². The second-order valence-electron chi connectivity index (χ2n) is 4.59. The number of carbonyl (C=O) groups is 2. The Bertz CT molecular complexity index is 513. The van der Waals surface area contributed by atoms with Gasteiger partial charge in [0.1, 0.15) is 6.61 Å². The van der Waals surface area contributed by atoms with Gasteiger partial charge in [-0.2, -0.15) is 0 Å². The Morgan fingerprint density at radius 2 is 2.14 bits per heavy atom. The summed E-state index contributed by atoms with van der Waals surface area (Å²) in [6.45, 7) is 7.22. The Kier molecular flexibility index (Phi) is 9.09. The van der Waals surface area contributed by atoms with Crippen molar-refractivity contribution < 1.29 is 24.2 Å². The minimum atomic E-state index is -0.706. The van der Waals surface area contributed by atoms with Gasteiger partial charge in [-0.15, -0.1) is 0 Å². The van der Waals surface area contributed by atoms with Gasteiger partial charge in [-0.3, -0.25) is 9.59 Å². The number of ether oxygens (including phenoxy) is 2. The lowest BCUT2D eigenvalue weighted by molar-refractivity contribution is -0.141. The average molecular weight is 309 g/mol.